The molecule has 1 aliphatic heterocycles. The number of esters is 1. The van der Waals surface area contributed by atoms with Crippen molar-refractivity contribution in [3.8, 4) is 16.9 Å². The number of fused-ring (bicyclic) bond motifs is 3. The minimum absolute atomic E-state index is 0.289. The van der Waals surface area contributed by atoms with Crippen LogP contribution in [0.5, 0.6) is 5.75 Å². The Labute approximate surface area is 325 Å². The first-order chi connectivity index (χ1) is 26.6. The molecule has 6 aromatic rings. The standard InChI is InChI=1S/C42H48ClFN6O5/c1-7-31-22-30(45-47(31)4)23-48(14-17-52-5)24-34-40(36-25-54-18-15-50(36)46-34)39-33(43)11-12-35-38(39)27(3)41(42(51)53-6)49(35)13-8-16-55-37-20-26(2)19-28-21-29(44)9-10-32(28)37/h9-12,19-22H,7-8,13-18,23-25H2,1-6H3. The Kier molecular flexibility index (Phi) is 11.6. The van der Waals surface area contributed by atoms with Gasteiger partial charge in [0.25, 0.3) is 0 Å². The highest BCUT2D eigenvalue weighted by Crippen LogP contribution is 2.43. The van der Waals surface area contributed by atoms with Crippen molar-refractivity contribution in [2.45, 2.75) is 66.4 Å². The molecule has 13 heteroatoms. The number of aromatic nitrogens is 5. The number of halogens is 2. The summed E-state index contributed by atoms with van der Waals surface area (Å²) in [6.07, 6.45) is 1.49. The average molecular weight is 771 g/mol. The van der Waals surface area contributed by atoms with Crippen LogP contribution in [0.1, 0.15) is 57.7 Å². The molecule has 55 heavy (non-hydrogen) atoms. The lowest BCUT2D eigenvalue weighted by molar-refractivity contribution is 0.0587. The normalized spacial score (nSPS) is 13.0. The monoisotopic (exact) mass is 770 g/mol. The van der Waals surface area contributed by atoms with E-state index in [4.69, 9.17) is 40.7 Å². The molecule has 0 amide bonds. The van der Waals surface area contributed by atoms with Gasteiger partial charge in [0, 0.05) is 78.5 Å². The van der Waals surface area contributed by atoms with E-state index in [2.05, 4.69) is 17.9 Å². The molecular formula is C42H48ClFN6O5. The van der Waals surface area contributed by atoms with Crippen molar-refractivity contribution in [1.29, 1.82) is 0 Å². The van der Waals surface area contributed by atoms with Crippen molar-refractivity contribution in [2.24, 2.45) is 7.05 Å². The first-order valence-corrected chi connectivity index (χ1v) is 19.1. The smallest absolute Gasteiger partial charge is 0.354 e. The summed E-state index contributed by atoms with van der Waals surface area (Å²) < 4.78 is 43.2. The number of hydrogen-bond donors (Lipinski definition) is 0. The Bertz CT molecular complexity index is 2360. The van der Waals surface area contributed by atoms with Crippen molar-refractivity contribution in [3.05, 3.63) is 99.0 Å². The van der Waals surface area contributed by atoms with E-state index in [-0.39, 0.29) is 5.82 Å². The molecule has 0 atom stereocenters. The minimum Gasteiger partial charge on any atom is -0.493 e. The summed E-state index contributed by atoms with van der Waals surface area (Å²) in [6, 6.07) is 14.6. The molecule has 0 unspecified atom stereocenters. The zero-order chi connectivity index (χ0) is 38.8. The molecule has 0 radical (unpaired) electrons. The molecule has 0 saturated heterocycles. The number of methoxy groups -OCH3 is 2. The van der Waals surface area contributed by atoms with Crippen LogP contribution in [-0.4, -0.2) is 75.6 Å². The quantitative estimate of drug-likeness (QED) is 0.0772. The van der Waals surface area contributed by atoms with Gasteiger partial charge in [0.05, 0.1) is 57.2 Å². The summed E-state index contributed by atoms with van der Waals surface area (Å²) in [5.74, 6) is -0.0279. The fourth-order valence-corrected chi connectivity index (χ4v) is 8.13. The Morgan fingerprint density at radius 1 is 1.04 bits per heavy atom. The Hall–Kier alpha value is -4.75. The number of hydrogen-bond acceptors (Lipinski definition) is 8. The molecule has 0 spiro atoms. The van der Waals surface area contributed by atoms with E-state index in [0.29, 0.717) is 82.0 Å². The summed E-state index contributed by atoms with van der Waals surface area (Å²) in [5.41, 5.74) is 8.75. The molecule has 4 heterocycles. The van der Waals surface area contributed by atoms with Crippen LogP contribution in [0.2, 0.25) is 5.02 Å². The molecule has 11 nitrogen and oxygen atoms in total. The van der Waals surface area contributed by atoms with Gasteiger partial charge in [-0.15, -0.1) is 0 Å². The van der Waals surface area contributed by atoms with Crippen molar-refractivity contribution in [1.82, 2.24) is 29.0 Å². The van der Waals surface area contributed by atoms with Crippen LogP contribution in [0.3, 0.4) is 0 Å². The third-order valence-electron chi connectivity index (χ3n) is 10.4. The Balaban J connectivity index is 1.27. The van der Waals surface area contributed by atoms with E-state index in [9.17, 15) is 9.18 Å². The molecule has 0 bridgehead atoms. The van der Waals surface area contributed by atoms with Gasteiger partial charge in [0.15, 0.2) is 0 Å². The third-order valence-corrected chi connectivity index (χ3v) is 10.7. The number of rotatable bonds is 15. The molecule has 1 aliphatic rings. The predicted octanol–water partition coefficient (Wildman–Crippen LogP) is 7.80. The van der Waals surface area contributed by atoms with Gasteiger partial charge in [-0.1, -0.05) is 24.6 Å². The van der Waals surface area contributed by atoms with Gasteiger partial charge in [-0.3, -0.25) is 14.3 Å². The molecule has 7 rings (SSSR count). The van der Waals surface area contributed by atoms with Crippen LogP contribution < -0.4 is 4.74 Å². The Morgan fingerprint density at radius 2 is 1.87 bits per heavy atom. The molecule has 0 N–H and O–H groups in total. The maximum absolute atomic E-state index is 14.0. The third kappa shape index (κ3) is 7.73. The number of carbonyl (C=O) groups excluding carboxylic acids is 1. The fraction of sp³-hybridized carbons (Fsp3) is 0.405. The number of ether oxygens (including phenoxy) is 4. The van der Waals surface area contributed by atoms with E-state index < -0.39 is 5.97 Å². The van der Waals surface area contributed by atoms with Gasteiger partial charge in [0.2, 0.25) is 0 Å². The van der Waals surface area contributed by atoms with Gasteiger partial charge in [-0.2, -0.15) is 10.2 Å². The second-order valence-corrected chi connectivity index (χ2v) is 14.5. The minimum atomic E-state index is -0.434. The van der Waals surface area contributed by atoms with Crippen molar-refractivity contribution < 1.29 is 28.1 Å². The highest BCUT2D eigenvalue weighted by Gasteiger charge is 2.30. The van der Waals surface area contributed by atoms with Gasteiger partial charge in [-0.05, 0) is 85.7 Å². The SMILES string of the molecule is CCc1cc(CN(CCOC)Cc2nn3c(c2-c2c(Cl)ccc4c2c(C)c(C(=O)OC)n4CCCOc2cc(C)cc4cc(F)ccc24)COCC3)nn1C. The highest BCUT2D eigenvalue weighted by atomic mass is 35.5. The molecule has 0 aliphatic carbocycles. The van der Waals surface area contributed by atoms with Crippen LogP contribution in [0, 0.1) is 19.7 Å². The summed E-state index contributed by atoms with van der Waals surface area (Å²) in [6.45, 7) is 10.8. The van der Waals surface area contributed by atoms with Gasteiger partial charge in [-0.25, -0.2) is 9.18 Å². The largest absolute Gasteiger partial charge is 0.493 e. The molecule has 0 fully saturated rings. The zero-order valence-corrected chi connectivity index (χ0v) is 33.1. The average Bonchev–Trinajstić information content (AvgIpc) is 3.81. The van der Waals surface area contributed by atoms with Crippen LogP contribution in [0.25, 0.3) is 32.8 Å². The predicted molar refractivity (Wildman–Crippen MR) is 211 cm³/mol. The first-order valence-electron chi connectivity index (χ1n) is 18.7. The van der Waals surface area contributed by atoms with Crippen molar-refractivity contribution in [3.63, 3.8) is 0 Å². The van der Waals surface area contributed by atoms with E-state index in [1.807, 2.05) is 59.1 Å². The fourth-order valence-electron chi connectivity index (χ4n) is 7.88. The van der Waals surface area contributed by atoms with E-state index in [0.717, 1.165) is 67.4 Å². The van der Waals surface area contributed by atoms with Gasteiger partial charge >= 0.3 is 5.97 Å². The van der Waals surface area contributed by atoms with E-state index in [1.54, 1.807) is 13.2 Å². The van der Waals surface area contributed by atoms with Crippen LogP contribution in [-0.2, 0) is 60.5 Å². The molecular weight excluding hydrogens is 723 g/mol. The van der Waals surface area contributed by atoms with Gasteiger partial charge < -0.3 is 23.5 Å². The molecule has 290 valence electrons. The molecule has 3 aromatic heterocycles. The number of carbonyl (C=O) groups is 1. The van der Waals surface area contributed by atoms with E-state index in [1.165, 1.54) is 24.9 Å². The second kappa shape index (κ2) is 16.5. The van der Waals surface area contributed by atoms with Crippen molar-refractivity contribution in [2.75, 3.05) is 40.6 Å². The number of benzene rings is 3. The molecule has 3 aromatic carbocycles. The number of nitrogens with zero attached hydrogens (tertiary/aromatic N) is 6. The topological polar surface area (TPSA) is 97.8 Å². The second-order valence-electron chi connectivity index (χ2n) is 14.1. The maximum Gasteiger partial charge on any atom is 0.354 e. The Morgan fingerprint density at radius 3 is 2.64 bits per heavy atom. The maximum atomic E-state index is 14.0. The van der Waals surface area contributed by atoms with E-state index >= 15 is 0 Å². The van der Waals surface area contributed by atoms with Crippen molar-refractivity contribution >= 4 is 39.2 Å². The lowest BCUT2D eigenvalue weighted by Gasteiger charge is -2.21. The zero-order valence-electron chi connectivity index (χ0n) is 32.4. The first kappa shape index (κ1) is 38.5. The summed E-state index contributed by atoms with van der Waals surface area (Å²) in [5, 5.41) is 13.0. The molecule has 0 saturated carbocycles. The highest BCUT2D eigenvalue weighted by molar-refractivity contribution is 6.35. The van der Waals surface area contributed by atoms with Crippen LogP contribution in [0.4, 0.5) is 4.39 Å². The lowest BCUT2D eigenvalue weighted by atomic mass is 9.96. The van der Waals surface area contributed by atoms with Crippen LogP contribution >= 0.6 is 11.6 Å². The van der Waals surface area contributed by atoms with Crippen LogP contribution in [0.15, 0.2) is 48.5 Å². The van der Waals surface area contributed by atoms with Gasteiger partial charge in [0.1, 0.15) is 17.3 Å². The summed E-state index contributed by atoms with van der Waals surface area (Å²) in [7, 11) is 5.08. The summed E-state index contributed by atoms with van der Waals surface area (Å²) >= 11 is 7.21. The lowest BCUT2D eigenvalue weighted by Crippen LogP contribution is -2.27. The summed E-state index contributed by atoms with van der Waals surface area (Å²) in [4.78, 5) is 15.8. The number of aryl methyl sites for hydroxylation is 5.